The topological polar surface area (TPSA) is 114 Å². The van der Waals surface area contributed by atoms with Crippen molar-refractivity contribution in [2.45, 2.75) is 78.0 Å². The van der Waals surface area contributed by atoms with E-state index in [0.717, 1.165) is 31.2 Å². The second-order valence-corrected chi connectivity index (χ2v) is 12.3. The molecule has 1 aliphatic carbocycles. The lowest BCUT2D eigenvalue weighted by molar-refractivity contribution is 0.0363. The van der Waals surface area contributed by atoms with Crippen molar-refractivity contribution >= 4 is 24.0 Å². The van der Waals surface area contributed by atoms with E-state index in [2.05, 4.69) is 10.6 Å². The summed E-state index contributed by atoms with van der Waals surface area (Å²) in [6.07, 6.45) is 3.39. The van der Waals surface area contributed by atoms with Crippen LogP contribution in [0.2, 0.25) is 0 Å². The maximum absolute atomic E-state index is 13.2. The smallest absolute Gasteiger partial charge is 0.407 e. The number of nitrogens with zero attached hydrogens (tertiary/aromatic N) is 1. The number of hydrogen-bond donors (Lipinski definition) is 2. The largest absolute Gasteiger partial charge is 0.445 e. The van der Waals surface area contributed by atoms with Crippen LogP contribution in [0, 0.1) is 11.3 Å². The molecule has 2 N–H and O–H groups in total. The molecule has 2 aromatic rings. The summed E-state index contributed by atoms with van der Waals surface area (Å²) >= 11 is 0. The van der Waals surface area contributed by atoms with E-state index in [1.807, 2.05) is 37.3 Å². The van der Waals surface area contributed by atoms with Crippen LogP contribution in [0.4, 0.5) is 9.59 Å². The van der Waals surface area contributed by atoms with Crippen molar-refractivity contribution in [2.75, 3.05) is 13.1 Å². The molecule has 220 valence electrons. The van der Waals surface area contributed by atoms with Crippen LogP contribution in [0.15, 0.2) is 54.6 Å². The molecule has 1 aliphatic heterocycles. The average Bonchev–Trinajstić information content (AvgIpc) is 3.14. The van der Waals surface area contributed by atoms with Gasteiger partial charge in [-0.05, 0) is 82.4 Å². The highest BCUT2D eigenvalue weighted by atomic mass is 16.6. The minimum Gasteiger partial charge on any atom is -0.445 e. The minimum absolute atomic E-state index is 0.0834. The fourth-order valence-electron chi connectivity index (χ4n) is 5.64. The van der Waals surface area contributed by atoms with E-state index in [1.165, 1.54) is 4.90 Å². The Morgan fingerprint density at radius 3 is 2.12 bits per heavy atom. The van der Waals surface area contributed by atoms with Gasteiger partial charge in [-0.15, -0.1) is 0 Å². The van der Waals surface area contributed by atoms with E-state index in [1.54, 1.807) is 45.0 Å². The van der Waals surface area contributed by atoms with Crippen molar-refractivity contribution in [1.29, 1.82) is 0 Å². The highest BCUT2D eigenvalue weighted by Gasteiger charge is 2.43. The molecule has 0 saturated heterocycles. The average molecular weight is 564 g/mol. The Labute approximate surface area is 242 Å². The number of carbonyl (C=O) groups excluding carboxylic acids is 4. The maximum atomic E-state index is 13.2. The SMILES string of the molecule is C[C@@H](NC(=O)OC(C)(C)C)[C@H](CN1C(=O)c2ccccc2C1=O)CC1(CCNC(=O)OCc2ccccc2)CCC1. The molecule has 0 unspecified atom stereocenters. The van der Waals surface area contributed by atoms with Crippen LogP contribution in [0.1, 0.15) is 86.1 Å². The Balaban J connectivity index is 1.41. The van der Waals surface area contributed by atoms with Gasteiger partial charge in [-0.1, -0.05) is 48.9 Å². The quantitative estimate of drug-likeness (QED) is 0.340. The van der Waals surface area contributed by atoms with Gasteiger partial charge in [-0.3, -0.25) is 14.5 Å². The number of fused-ring (bicyclic) bond motifs is 1. The standard InChI is InChI=1S/C32H41N3O6/c1-22(34-30(39)41-31(2,3)4)24(20-35-27(36)25-13-8-9-14-26(25)28(35)37)19-32(15-10-16-32)17-18-33-29(38)40-21-23-11-6-5-7-12-23/h5-9,11-14,22,24H,10,15-21H2,1-4H3,(H,33,38)(H,34,39)/t22-,24+/m1/s1. The van der Waals surface area contributed by atoms with Gasteiger partial charge in [-0.2, -0.15) is 0 Å². The van der Waals surface area contributed by atoms with Gasteiger partial charge in [0, 0.05) is 19.1 Å². The molecule has 9 heteroatoms. The van der Waals surface area contributed by atoms with Crippen molar-refractivity contribution in [3.05, 3.63) is 71.3 Å². The van der Waals surface area contributed by atoms with Gasteiger partial charge in [0.2, 0.25) is 0 Å². The van der Waals surface area contributed by atoms with E-state index in [0.29, 0.717) is 24.1 Å². The Kier molecular flexibility index (Phi) is 9.35. The molecule has 0 bridgehead atoms. The zero-order valence-corrected chi connectivity index (χ0v) is 24.4. The Morgan fingerprint density at radius 2 is 1.56 bits per heavy atom. The molecule has 0 spiro atoms. The number of rotatable bonds is 11. The van der Waals surface area contributed by atoms with E-state index >= 15 is 0 Å². The van der Waals surface area contributed by atoms with Crippen molar-refractivity contribution in [1.82, 2.24) is 15.5 Å². The van der Waals surface area contributed by atoms with Crippen LogP contribution >= 0.6 is 0 Å². The third-order valence-corrected chi connectivity index (χ3v) is 7.99. The molecule has 1 fully saturated rings. The van der Waals surface area contributed by atoms with Gasteiger partial charge in [0.1, 0.15) is 12.2 Å². The number of benzene rings is 2. The molecule has 2 aliphatic rings. The highest BCUT2D eigenvalue weighted by Crippen LogP contribution is 2.49. The maximum Gasteiger partial charge on any atom is 0.407 e. The fraction of sp³-hybridized carbons (Fsp3) is 0.500. The number of alkyl carbamates (subject to hydrolysis) is 2. The molecule has 4 rings (SSSR count). The molecule has 0 radical (unpaired) electrons. The molecular formula is C32H41N3O6. The Bertz CT molecular complexity index is 1220. The third kappa shape index (κ3) is 7.86. The summed E-state index contributed by atoms with van der Waals surface area (Å²) in [5.74, 6) is -0.842. The predicted molar refractivity (Wildman–Crippen MR) is 154 cm³/mol. The number of hydrogen-bond acceptors (Lipinski definition) is 6. The normalized spacial score (nSPS) is 17.2. The molecule has 2 aromatic carbocycles. The van der Waals surface area contributed by atoms with E-state index in [4.69, 9.17) is 9.47 Å². The number of nitrogens with one attached hydrogen (secondary N) is 2. The fourth-order valence-corrected chi connectivity index (χ4v) is 5.64. The molecule has 41 heavy (non-hydrogen) atoms. The minimum atomic E-state index is -0.655. The lowest BCUT2D eigenvalue weighted by Gasteiger charge is -2.46. The third-order valence-electron chi connectivity index (χ3n) is 7.99. The monoisotopic (exact) mass is 563 g/mol. The summed E-state index contributed by atoms with van der Waals surface area (Å²) in [5.41, 5.74) is 0.985. The van der Waals surface area contributed by atoms with E-state index in [9.17, 15) is 19.2 Å². The molecule has 4 amide bonds. The van der Waals surface area contributed by atoms with Crippen molar-refractivity contribution < 1.29 is 28.7 Å². The van der Waals surface area contributed by atoms with Crippen LogP contribution in [-0.2, 0) is 16.1 Å². The second kappa shape index (κ2) is 12.7. The molecule has 1 heterocycles. The van der Waals surface area contributed by atoms with Crippen LogP contribution in [0.25, 0.3) is 0 Å². The Hall–Kier alpha value is -3.88. The summed E-state index contributed by atoms with van der Waals surface area (Å²) in [7, 11) is 0. The molecule has 9 nitrogen and oxygen atoms in total. The van der Waals surface area contributed by atoms with Crippen molar-refractivity contribution in [3.63, 3.8) is 0 Å². The first-order chi connectivity index (χ1) is 19.5. The number of amides is 4. The number of carbonyl (C=O) groups is 4. The van der Waals surface area contributed by atoms with Crippen molar-refractivity contribution in [2.24, 2.45) is 11.3 Å². The highest BCUT2D eigenvalue weighted by molar-refractivity contribution is 6.21. The van der Waals surface area contributed by atoms with Crippen LogP contribution in [0.3, 0.4) is 0 Å². The first-order valence-electron chi connectivity index (χ1n) is 14.4. The molecule has 1 saturated carbocycles. The van der Waals surface area contributed by atoms with Gasteiger partial charge < -0.3 is 20.1 Å². The molecule has 0 aromatic heterocycles. The number of imide groups is 1. The summed E-state index contributed by atoms with van der Waals surface area (Å²) in [4.78, 5) is 52.6. The zero-order valence-electron chi connectivity index (χ0n) is 24.4. The lowest BCUT2D eigenvalue weighted by Crippen LogP contribution is -2.49. The first kappa shape index (κ1) is 30.1. The van der Waals surface area contributed by atoms with Crippen molar-refractivity contribution in [3.8, 4) is 0 Å². The predicted octanol–water partition coefficient (Wildman–Crippen LogP) is 5.69. The zero-order chi connectivity index (χ0) is 29.6. The summed E-state index contributed by atoms with van der Waals surface area (Å²) in [6, 6.07) is 16.0. The summed E-state index contributed by atoms with van der Waals surface area (Å²) in [5, 5.41) is 5.81. The van der Waals surface area contributed by atoms with E-state index in [-0.39, 0.29) is 42.3 Å². The summed E-state index contributed by atoms with van der Waals surface area (Å²) in [6.45, 7) is 8.11. The van der Waals surface area contributed by atoms with Crippen LogP contribution in [0.5, 0.6) is 0 Å². The van der Waals surface area contributed by atoms with E-state index < -0.39 is 17.8 Å². The lowest BCUT2D eigenvalue weighted by atomic mass is 9.61. The van der Waals surface area contributed by atoms with Gasteiger partial charge in [0.05, 0.1) is 11.1 Å². The van der Waals surface area contributed by atoms with Crippen LogP contribution in [-0.4, -0.2) is 53.6 Å². The van der Waals surface area contributed by atoms with Crippen LogP contribution < -0.4 is 10.6 Å². The van der Waals surface area contributed by atoms with Gasteiger partial charge in [0.25, 0.3) is 11.8 Å². The van der Waals surface area contributed by atoms with Gasteiger partial charge >= 0.3 is 12.2 Å². The first-order valence-corrected chi connectivity index (χ1v) is 14.4. The van der Waals surface area contributed by atoms with Gasteiger partial charge in [-0.25, -0.2) is 9.59 Å². The Morgan fingerprint density at radius 1 is 0.951 bits per heavy atom. The molecule has 2 atom stereocenters. The molecular weight excluding hydrogens is 522 g/mol. The second-order valence-electron chi connectivity index (χ2n) is 12.3. The number of ether oxygens (including phenoxy) is 2. The summed E-state index contributed by atoms with van der Waals surface area (Å²) < 4.78 is 10.8. The van der Waals surface area contributed by atoms with Gasteiger partial charge in [0.15, 0.2) is 0 Å².